The van der Waals surface area contributed by atoms with Gasteiger partial charge >= 0.3 is 0 Å². The van der Waals surface area contributed by atoms with Crippen LogP contribution in [0.25, 0.3) is 0 Å². The standard InChI is InChI=1S/C17H36N2O2/c1-5-8-18-14-16-15-19(10-13-21-16)9-12-20-11-6-7-17(2,3)4/h16,18H,5-15H2,1-4H3/t16-/m0/s1. The predicted octanol–water partition coefficient (Wildman–Crippen LogP) is 2.53. The molecule has 1 saturated heterocycles. The van der Waals surface area contributed by atoms with Crippen LogP contribution in [0.2, 0.25) is 0 Å². The average Bonchev–Trinajstić information content (AvgIpc) is 2.42. The Morgan fingerprint density at radius 2 is 2.10 bits per heavy atom. The molecule has 0 aliphatic carbocycles. The molecule has 0 aromatic rings. The van der Waals surface area contributed by atoms with Crippen molar-refractivity contribution < 1.29 is 9.47 Å². The van der Waals surface area contributed by atoms with Gasteiger partial charge in [0.15, 0.2) is 0 Å². The molecule has 0 unspecified atom stereocenters. The largest absolute Gasteiger partial charge is 0.380 e. The molecule has 21 heavy (non-hydrogen) atoms. The number of nitrogens with one attached hydrogen (secondary N) is 1. The summed E-state index contributed by atoms with van der Waals surface area (Å²) >= 11 is 0. The molecule has 4 nitrogen and oxygen atoms in total. The summed E-state index contributed by atoms with van der Waals surface area (Å²) in [5, 5.41) is 3.44. The fourth-order valence-corrected chi connectivity index (χ4v) is 2.55. The van der Waals surface area contributed by atoms with Crippen LogP contribution in [0.4, 0.5) is 0 Å². The van der Waals surface area contributed by atoms with Crippen molar-refractivity contribution in [1.82, 2.24) is 10.2 Å². The van der Waals surface area contributed by atoms with E-state index in [1.807, 2.05) is 0 Å². The first kappa shape index (κ1) is 18.9. The Bertz CT molecular complexity index is 254. The highest BCUT2D eigenvalue weighted by Crippen LogP contribution is 2.20. The molecule has 0 bridgehead atoms. The third-order valence-corrected chi connectivity index (χ3v) is 3.79. The SMILES string of the molecule is CCCNC[C@H]1CN(CCOCCCC(C)(C)C)CCO1. The molecule has 0 radical (unpaired) electrons. The summed E-state index contributed by atoms with van der Waals surface area (Å²) in [5.74, 6) is 0. The summed E-state index contributed by atoms with van der Waals surface area (Å²) in [7, 11) is 0. The van der Waals surface area contributed by atoms with Gasteiger partial charge in [0.1, 0.15) is 0 Å². The van der Waals surface area contributed by atoms with Gasteiger partial charge in [0.05, 0.1) is 19.3 Å². The molecule has 1 heterocycles. The molecule has 1 N–H and O–H groups in total. The number of hydrogen-bond acceptors (Lipinski definition) is 4. The average molecular weight is 300 g/mol. The maximum atomic E-state index is 5.79. The lowest BCUT2D eigenvalue weighted by molar-refractivity contribution is -0.0350. The molecule has 126 valence electrons. The fourth-order valence-electron chi connectivity index (χ4n) is 2.55. The Kier molecular flexibility index (Phi) is 9.49. The summed E-state index contributed by atoms with van der Waals surface area (Å²) in [5.41, 5.74) is 0.423. The fraction of sp³-hybridized carbons (Fsp3) is 1.00. The van der Waals surface area contributed by atoms with E-state index in [1.165, 1.54) is 12.8 Å². The van der Waals surface area contributed by atoms with Gasteiger partial charge < -0.3 is 14.8 Å². The number of hydrogen-bond donors (Lipinski definition) is 1. The zero-order valence-corrected chi connectivity index (χ0v) is 14.6. The van der Waals surface area contributed by atoms with Crippen molar-refractivity contribution in [2.24, 2.45) is 5.41 Å². The summed E-state index contributed by atoms with van der Waals surface area (Å²) in [6.07, 6.45) is 3.91. The van der Waals surface area contributed by atoms with Gasteiger partial charge in [-0.05, 0) is 31.2 Å². The highest BCUT2D eigenvalue weighted by atomic mass is 16.5. The van der Waals surface area contributed by atoms with Crippen LogP contribution < -0.4 is 5.32 Å². The van der Waals surface area contributed by atoms with E-state index < -0.39 is 0 Å². The maximum Gasteiger partial charge on any atom is 0.0826 e. The second-order valence-electron chi connectivity index (χ2n) is 7.27. The van der Waals surface area contributed by atoms with Gasteiger partial charge in [-0.15, -0.1) is 0 Å². The first-order valence-electron chi connectivity index (χ1n) is 8.63. The number of rotatable bonds is 10. The van der Waals surface area contributed by atoms with E-state index in [4.69, 9.17) is 9.47 Å². The molecular weight excluding hydrogens is 264 g/mol. The van der Waals surface area contributed by atoms with E-state index >= 15 is 0 Å². The third-order valence-electron chi connectivity index (χ3n) is 3.79. The number of morpholine rings is 1. The Hall–Kier alpha value is -0.160. The molecule has 4 heteroatoms. The first-order valence-corrected chi connectivity index (χ1v) is 8.63. The van der Waals surface area contributed by atoms with Gasteiger partial charge in [0, 0.05) is 32.8 Å². The van der Waals surface area contributed by atoms with Crippen molar-refractivity contribution in [3.63, 3.8) is 0 Å². The van der Waals surface area contributed by atoms with Crippen LogP contribution in [0.15, 0.2) is 0 Å². The minimum atomic E-state index is 0.339. The van der Waals surface area contributed by atoms with Crippen LogP contribution in [0.3, 0.4) is 0 Å². The van der Waals surface area contributed by atoms with Gasteiger partial charge in [-0.2, -0.15) is 0 Å². The van der Waals surface area contributed by atoms with Gasteiger partial charge in [0.25, 0.3) is 0 Å². The van der Waals surface area contributed by atoms with Crippen LogP contribution >= 0.6 is 0 Å². The molecule has 1 atom stereocenters. The molecule has 1 aliphatic rings. The molecule has 1 aliphatic heterocycles. The third kappa shape index (κ3) is 10.2. The molecule has 1 fully saturated rings. The van der Waals surface area contributed by atoms with Gasteiger partial charge in [-0.3, -0.25) is 4.90 Å². The van der Waals surface area contributed by atoms with Crippen molar-refractivity contribution in [3.8, 4) is 0 Å². The summed E-state index contributed by atoms with van der Waals surface area (Å²) in [4.78, 5) is 2.46. The van der Waals surface area contributed by atoms with E-state index in [9.17, 15) is 0 Å². The lowest BCUT2D eigenvalue weighted by atomic mass is 9.91. The summed E-state index contributed by atoms with van der Waals surface area (Å²) in [6, 6.07) is 0. The highest BCUT2D eigenvalue weighted by molar-refractivity contribution is 4.73. The maximum absolute atomic E-state index is 5.79. The Morgan fingerprint density at radius 1 is 1.29 bits per heavy atom. The van der Waals surface area contributed by atoms with Crippen molar-refractivity contribution in [1.29, 1.82) is 0 Å². The number of nitrogens with zero attached hydrogens (tertiary/aromatic N) is 1. The van der Waals surface area contributed by atoms with E-state index in [0.717, 1.165) is 59.0 Å². The van der Waals surface area contributed by atoms with Crippen molar-refractivity contribution in [3.05, 3.63) is 0 Å². The predicted molar refractivity (Wildman–Crippen MR) is 88.8 cm³/mol. The van der Waals surface area contributed by atoms with Crippen molar-refractivity contribution in [2.45, 2.75) is 53.1 Å². The Morgan fingerprint density at radius 3 is 2.81 bits per heavy atom. The minimum Gasteiger partial charge on any atom is -0.380 e. The smallest absolute Gasteiger partial charge is 0.0826 e. The summed E-state index contributed by atoms with van der Waals surface area (Å²) in [6.45, 7) is 16.8. The first-order chi connectivity index (χ1) is 10.0. The van der Waals surface area contributed by atoms with Crippen molar-refractivity contribution in [2.75, 3.05) is 52.5 Å². The second-order valence-corrected chi connectivity index (χ2v) is 7.27. The van der Waals surface area contributed by atoms with Crippen LogP contribution in [-0.2, 0) is 9.47 Å². The molecule has 0 aromatic carbocycles. The minimum absolute atomic E-state index is 0.339. The van der Waals surface area contributed by atoms with Gasteiger partial charge in [-0.1, -0.05) is 27.7 Å². The Labute approximate surface area is 131 Å². The molecular formula is C17H36N2O2. The number of ether oxygens (including phenoxy) is 2. The highest BCUT2D eigenvalue weighted by Gasteiger charge is 2.19. The zero-order valence-electron chi connectivity index (χ0n) is 14.6. The zero-order chi connectivity index (χ0) is 15.6. The normalized spacial score (nSPS) is 20.9. The van der Waals surface area contributed by atoms with Crippen LogP contribution in [0, 0.1) is 5.41 Å². The van der Waals surface area contributed by atoms with E-state index in [-0.39, 0.29) is 0 Å². The topological polar surface area (TPSA) is 33.7 Å². The van der Waals surface area contributed by atoms with E-state index in [0.29, 0.717) is 11.5 Å². The van der Waals surface area contributed by atoms with Crippen LogP contribution in [0.1, 0.15) is 47.0 Å². The molecule has 0 saturated carbocycles. The molecule has 0 spiro atoms. The molecule has 0 amide bonds. The van der Waals surface area contributed by atoms with Crippen LogP contribution in [-0.4, -0.2) is 63.5 Å². The Balaban J connectivity index is 2.01. The van der Waals surface area contributed by atoms with E-state index in [1.54, 1.807) is 0 Å². The van der Waals surface area contributed by atoms with Crippen LogP contribution in [0.5, 0.6) is 0 Å². The lowest BCUT2D eigenvalue weighted by Gasteiger charge is -2.33. The lowest BCUT2D eigenvalue weighted by Crippen LogP contribution is -2.47. The van der Waals surface area contributed by atoms with Gasteiger partial charge in [0.2, 0.25) is 0 Å². The summed E-state index contributed by atoms with van der Waals surface area (Å²) < 4.78 is 11.6. The van der Waals surface area contributed by atoms with Crippen molar-refractivity contribution >= 4 is 0 Å². The molecule has 1 rings (SSSR count). The second kappa shape index (κ2) is 10.5. The van der Waals surface area contributed by atoms with Gasteiger partial charge in [-0.25, -0.2) is 0 Å². The quantitative estimate of drug-likeness (QED) is 0.629. The van der Waals surface area contributed by atoms with E-state index in [2.05, 4.69) is 37.9 Å². The molecule has 0 aromatic heterocycles. The monoisotopic (exact) mass is 300 g/mol.